The third-order valence-corrected chi connectivity index (χ3v) is 3.87. The molecule has 5 nitrogen and oxygen atoms in total. The summed E-state index contributed by atoms with van der Waals surface area (Å²) in [5.41, 5.74) is 1.34. The van der Waals surface area contributed by atoms with Gasteiger partial charge in [0, 0.05) is 25.2 Å². The number of rotatable bonds is 5. The van der Waals surface area contributed by atoms with E-state index in [2.05, 4.69) is 21.4 Å². The van der Waals surface area contributed by atoms with Crippen molar-refractivity contribution < 1.29 is 4.79 Å². The van der Waals surface area contributed by atoms with E-state index in [4.69, 9.17) is 5.26 Å². The smallest absolute Gasteiger partial charge is 0.221 e. The molecule has 0 saturated heterocycles. The number of carbonyl (C=O) groups is 1. The van der Waals surface area contributed by atoms with E-state index in [1.54, 1.807) is 24.5 Å². The standard InChI is InChI=1S/C17H16N4O/c18-12-13-3-1-4-14(11-13)17(7-8-17)21-16(22)6-5-15-19-9-2-10-20-15/h1-4,9-11H,5-8H2,(H,21,22). The van der Waals surface area contributed by atoms with Crippen molar-refractivity contribution in [3.63, 3.8) is 0 Å². The molecule has 1 aliphatic carbocycles. The molecule has 2 aromatic rings. The van der Waals surface area contributed by atoms with Gasteiger partial charge < -0.3 is 5.32 Å². The molecule has 1 heterocycles. The molecule has 1 amide bonds. The second-order valence-corrected chi connectivity index (χ2v) is 5.49. The number of amides is 1. The van der Waals surface area contributed by atoms with Crippen molar-refractivity contribution in [2.75, 3.05) is 0 Å². The van der Waals surface area contributed by atoms with Gasteiger partial charge in [-0.1, -0.05) is 12.1 Å². The van der Waals surface area contributed by atoms with E-state index < -0.39 is 0 Å². The summed E-state index contributed by atoms with van der Waals surface area (Å²) < 4.78 is 0. The van der Waals surface area contributed by atoms with Crippen LogP contribution in [-0.4, -0.2) is 15.9 Å². The first-order chi connectivity index (χ1) is 10.7. The van der Waals surface area contributed by atoms with Crippen molar-refractivity contribution in [1.29, 1.82) is 5.26 Å². The summed E-state index contributed by atoms with van der Waals surface area (Å²) in [5, 5.41) is 12.1. The highest BCUT2D eigenvalue weighted by atomic mass is 16.1. The highest BCUT2D eigenvalue weighted by Crippen LogP contribution is 2.45. The van der Waals surface area contributed by atoms with Gasteiger partial charge in [0.05, 0.1) is 17.2 Å². The summed E-state index contributed by atoms with van der Waals surface area (Å²) in [7, 11) is 0. The Balaban J connectivity index is 1.62. The first kappa shape index (κ1) is 14.2. The number of nitriles is 1. The van der Waals surface area contributed by atoms with Gasteiger partial charge in [0.1, 0.15) is 5.82 Å². The normalized spacial score (nSPS) is 14.9. The molecule has 1 aromatic carbocycles. The molecule has 3 rings (SSSR count). The van der Waals surface area contributed by atoms with Gasteiger partial charge in [-0.25, -0.2) is 9.97 Å². The fraction of sp³-hybridized carbons (Fsp3) is 0.294. The molecular formula is C17H16N4O. The van der Waals surface area contributed by atoms with E-state index in [9.17, 15) is 4.79 Å². The molecule has 0 atom stereocenters. The van der Waals surface area contributed by atoms with E-state index in [0.29, 0.717) is 24.2 Å². The summed E-state index contributed by atoms with van der Waals surface area (Å²) in [6.45, 7) is 0. The van der Waals surface area contributed by atoms with E-state index in [0.717, 1.165) is 18.4 Å². The molecule has 22 heavy (non-hydrogen) atoms. The zero-order valence-corrected chi connectivity index (χ0v) is 12.1. The maximum atomic E-state index is 12.2. The number of carbonyl (C=O) groups excluding carboxylic acids is 1. The topological polar surface area (TPSA) is 78.7 Å². The summed E-state index contributed by atoms with van der Waals surface area (Å²) in [6.07, 6.45) is 6.07. The van der Waals surface area contributed by atoms with Crippen molar-refractivity contribution in [1.82, 2.24) is 15.3 Å². The van der Waals surface area contributed by atoms with Crippen LogP contribution in [0.1, 0.15) is 36.2 Å². The van der Waals surface area contributed by atoms with Crippen LogP contribution in [0.3, 0.4) is 0 Å². The number of nitrogens with zero attached hydrogens (tertiary/aromatic N) is 3. The average Bonchev–Trinajstić information content (AvgIpc) is 3.35. The lowest BCUT2D eigenvalue weighted by atomic mass is 10.0. The first-order valence-corrected chi connectivity index (χ1v) is 7.29. The Hall–Kier alpha value is -2.74. The second-order valence-electron chi connectivity index (χ2n) is 5.49. The molecule has 0 aliphatic heterocycles. The zero-order chi connectivity index (χ0) is 15.4. The SMILES string of the molecule is N#Cc1cccc(C2(NC(=O)CCc3ncccn3)CC2)c1. The minimum absolute atomic E-state index is 0.00712. The molecule has 1 N–H and O–H groups in total. The Kier molecular flexibility index (Phi) is 3.84. The molecule has 1 aromatic heterocycles. The summed E-state index contributed by atoms with van der Waals surface area (Å²) in [4.78, 5) is 20.4. The van der Waals surface area contributed by atoms with Crippen LogP contribution in [0.15, 0.2) is 42.7 Å². The second kappa shape index (κ2) is 5.94. The average molecular weight is 292 g/mol. The molecule has 0 bridgehead atoms. The number of hydrogen-bond donors (Lipinski definition) is 1. The van der Waals surface area contributed by atoms with Crippen LogP contribution < -0.4 is 5.32 Å². The molecular weight excluding hydrogens is 276 g/mol. The summed E-state index contributed by atoms with van der Waals surface area (Å²) in [5.74, 6) is 0.668. The molecule has 1 fully saturated rings. The summed E-state index contributed by atoms with van der Waals surface area (Å²) in [6, 6.07) is 11.3. The highest BCUT2D eigenvalue weighted by molar-refractivity contribution is 5.77. The predicted molar refractivity (Wildman–Crippen MR) is 80.6 cm³/mol. The number of nitrogens with one attached hydrogen (secondary N) is 1. The van der Waals surface area contributed by atoms with Crippen LogP contribution in [0.4, 0.5) is 0 Å². The highest BCUT2D eigenvalue weighted by Gasteiger charge is 2.45. The fourth-order valence-electron chi connectivity index (χ4n) is 2.51. The van der Waals surface area contributed by atoms with E-state index in [-0.39, 0.29) is 11.4 Å². The minimum Gasteiger partial charge on any atom is -0.347 e. The largest absolute Gasteiger partial charge is 0.347 e. The number of benzene rings is 1. The van der Waals surface area contributed by atoms with Crippen molar-refractivity contribution in [2.24, 2.45) is 0 Å². The Morgan fingerprint density at radius 1 is 1.27 bits per heavy atom. The van der Waals surface area contributed by atoms with Crippen LogP contribution in [0.25, 0.3) is 0 Å². The summed E-state index contributed by atoms with van der Waals surface area (Å²) >= 11 is 0. The number of hydrogen-bond acceptors (Lipinski definition) is 4. The van der Waals surface area contributed by atoms with Gasteiger partial charge >= 0.3 is 0 Å². The maximum Gasteiger partial charge on any atom is 0.221 e. The maximum absolute atomic E-state index is 12.2. The lowest BCUT2D eigenvalue weighted by Crippen LogP contribution is -2.35. The molecule has 0 radical (unpaired) electrons. The quantitative estimate of drug-likeness (QED) is 0.915. The predicted octanol–water partition coefficient (Wildman–Crippen LogP) is 2.09. The minimum atomic E-state index is -0.290. The Morgan fingerprint density at radius 2 is 2.05 bits per heavy atom. The third kappa shape index (κ3) is 3.12. The van der Waals surface area contributed by atoms with Gasteiger partial charge in [0.25, 0.3) is 0 Å². The van der Waals surface area contributed by atoms with Crippen molar-refractivity contribution in [3.8, 4) is 6.07 Å². The fourth-order valence-corrected chi connectivity index (χ4v) is 2.51. The van der Waals surface area contributed by atoms with Crippen molar-refractivity contribution in [2.45, 2.75) is 31.2 Å². The molecule has 0 spiro atoms. The van der Waals surface area contributed by atoms with Gasteiger partial charge in [-0.05, 0) is 36.6 Å². The molecule has 1 aliphatic rings. The van der Waals surface area contributed by atoms with Crippen molar-refractivity contribution >= 4 is 5.91 Å². The Bertz CT molecular complexity index is 717. The monoisotopic (exact) mass is 292 g/mol. The van der Waals surface area contributed by atoms with Gasteiger partial charge in [-0.2, -0.15) is 5.26 Å². The molecule has 110 valence electrons. The molecule has 5 heteroatoms. The van der Waals surface area contributed by atoms with E-state index in [1.807, 2.05) is 18.2 Å². The van der Waals surface area contributed by atoms with Crippen LogP contribution in [0.2, 0.25) is 0 Å². The van der Waals surface area contributed by atoms with Gasteiger partial charge in [0.2, 0.25) is 5.91 Å². The first-order valence-electron chi connectivity index (χ1n) is 7.29. The Labute approximate surface area is 129 Å². The van der Waals surface area contributed by atoms with Gasteiger partial charge in [-0.3, -0.25) is 4.79 Å². The molecule has 1 saturated carbocycles. The zero-order valence-electron chi connectivity index (χ0n) is 12.1. The van der Waals surface area contributed by atoms with Crippen LogP contribution in [0, 0.1) is 11.3 Å². The van der Waals surface area contributed by atoms with E-state index >= 15 is 0 Å². The van der Waals surface area contributed by atoms with Crippen LogP contribution in [0.5, 0.6) is 0 Å². The van der Waals surface area contributed by atoms with Crippen molar-refractivity contribution in [3.05, 3.63) is 59.7 Å². The number of aromatic nitrogens is 2. The molecule has 0 unspecified atom stereocenters. The third-order valence-electron chi connectivity index (χ3n) is 3.87. The van der Waals surface area contributed by atoms with E-state index in [1.165, 1.54) is 0 Å². The lowest BCUT2D eigenvalue weighted by Gasteiger charge is -2.18. The van der Waals surface area contributed by atoms with Gasteiger partial charge in [0.15, 0.2) is 0 Å². The van der Waals surface area contributed by atoms with Crippen LogP contribution in [-0.2, 0) is 16.8 Å². The Morgan fingerprint density at radius 3 is 2.73 bits per heavy atom. The lowest BCUT2D eigenvalue weighted by molar-refractivity contribution is -0.122. The van der Waals surface area contributed by atoms with Crippen LogP contribution >= 0.6 is 0 Å². The van der Waals surface area contributed by atoms with Gasteiger partial charge in [-0.15, -0.1) is 0 Å². The number of aryl methyl sites for hydroxylation is 1.